The highest BCUT2D eigenvalue weighted by molar-refractivity contribution is 5.17. The highest BCUT2D eigenvalue weighted by atomic mass is 16.3. The topological polar surface area (TPSA) is 46.2 Å². The summed E-state index contributed by atoms with van der Waals surface area (Å²) in [5, 5.41) is 10.6. The molecule has 4 aliphatic carbocycles. The van der Waals surface area contributed by atoms with Crippen molar-refractivity contribution in [3.63, 3.8) is 0 Å². The number of nitrogens with two attached hydrogens (primary N) is 1. The van der Waals surface area contributed by atoms with E-state index in [0.29, 0.717) is 18.8 Å². The lowest BCUT2D eigenvalue weighted by Gasteiger charge is -2.66. The van der Waals surface area contributed by atoms with Gasteiger partial charge < -0.3 is 10.8 Å². The average Bonchev–Trinajstić information content (AvgIpc) is 2.08. The van der Waals surface area contributed by atoms with Gasteiger partial charge in [-0.25, -0.2) is 0 Å². The molecule has 2 heteroatoms. The van der Waals surface area contributed by atoms with Crippen molar-refractivity contribution in [3.8, 4) is 0 Å². The zero-order valence-electron chi connectivity index (χ0n) is 11.7. The van der Waals surface area contributed by atoms with E-state index in [1.807, 2.05) is 6.92 Å². The van der Waals surface area contributed by atoms with Crippen molar-refractivity contribution in [3.05, 3.63) is 0 Å². The molecule has 4 bridgehead atoms. The third-order valence-corrected chi connectivity index (χ3v) is 4.71. The summed E-state index contributed by atoms with van der Waals surface area (Å²) in [6, 6.07) is 0. The maximum atomic E-state index is 10.6. The van der Waals surface area contributed by atoms with Gasteiger partial charge >= 0.3 is 0 Å². The second kappa shape index (κ2) is 2.19. The van der Waals surface area contributed by atoms with E-state index in [-0.39, 0.29) is 11.0 Å². The molecular weight excluding hydrogens is 174 g/mol. The van der Waals surface area contributed by atoms with Crippen LogP contribution in [0, 0.1) is 16.7 Å². The van der Waals surface area contributed by atoms with Gasteiger partial charge in [0, 0.05) is 9.65 Å². The summed E-state index contributed by atoms with van der Waals surface area (Å²) in [6.45, 7) is -0.0813. The fourth-order valence-electron chi connectivity index (χ4n) is 4.83. The van der Waals surface area contributed by atoms with Crippen LogP contribution >= 0.6 is 0 Å². The second-order valence-corrected chi connectivity index (χ2v) is 6.41. The smallest absolute Gasteiger partial charge is 0.0648 e. The quantitative estimate of drug-likeness (QED) is 0.622. The minimum absolute atomic E-state index is 0.289. The van der Waals surface area contributed by atoms with Gasteiger partial charge in [0.05, 0.1) is 6.10 Å². The van der Waals surface area contributed by atoms with Crippen molar-refractivity contribution >= 4 is 0 Å². The standard InChI is InChI=1S/C12H21NO/c1-10-3-8-4-11(2,9(10)14)7-12(13,5-8)6-10/h8-9,14H,3-7,13H2,1-2H3/i1D3. The van der Waals surface area contributed by atoms with Crippen molar-refractivity contribution in [2.45, 2.75) is 57.5 Å². The molecule has 2 nitrogen and oxygen atoms in total. The molecule has 14 heavy (non-hydrogen) atoms. The number of hydrogen-bond acceptors (Lipinski definition) is 2. The Morgan fingerprint density at radius 3 is 2.57 bits per heavy atom. The molecule has 0 aromatic heterocycles. The predicted octanol–water partition coefficient (Wildman–Crippen LogP) is 1.66. The molecule has 3 N–H and O–H groups in total. The van der Waals surface area contributed by atoms with Gasteiger partial charge in [-0.05, 0) is 48.9 Å². The number of aliphatic hydroxyl groups excluding tert-OH is 1. The van der Waals surface area contributed by atoms with E-state index in [9.17, 15) is 5.11 Å². The first-order valence-corrected chi connectivity index (χ1v) is 5.57. The maximum Gasteiger partial charge on any atom is 0.0648 e. The number of hydrogen-bond donors (Lipinski definition) is 2. The molecular formula is C12H21NO. The van der Waals surface area contributed by atoms with Gasteiger partial charge in [-0.3, -0.25) is 0 Å². The summed E-state index contributed by atoms with van der Waals surface area (Å²) in [5.74, 6) is 0.385. The molecule has 0 radical (unpaired) electrons. The van der Waals surface area contributed by atoms with Crippen LogP contribution in [0.25, 0.3) is 0 Å². The van der Waals surface area contributed by atoms with Gasteiger partial charge in [0.15, 0.2) is 0 Å². The van der Waals surface area contributed by atoms with Crippen molar-refractivity contribution in [1.82, 2.24) is 0 Å². The Balaban J connectivity index is 2.12. The zero-order valence-corrected chi connectivity index (χ0v) is 8.71. The summed E-state index contributed by atoms with van der Waals surface area (Å²) >= 11 is 0. The Morgan fingerprint density at radius 1 is 1.29 bits per heavy atom. The Kier molecular flexibility index (Phi) is 1.02. The molecule has 0 saturated heterocycles. The van der Waals surface area contributed by atoms with Gasteiger partial charge in [0.25, 0.3) is 0 Å². The van der Waals surface area contributed by atoms with Crippen molar-refractivity contribution < 1.29 is 9.22 Å². The van der Waals surface area contributed by atoms with Crippen LogP contribution in [0.2, 0.25) is 0 Å². The Labute approximate surface area is 90.1 Å². The molecule has 4 saturated carbocycles. The first-order valence-electron chi connectivity index (χ1n) is 7.07. The van der Waals surface area contributed by atoms with Gasteiger partial charge in [0.1, 0.15) is 0 Å². The molecule has 0 aliphatic heterocycles. The van der Waals surface area contributed by atoms with Crippen molar-refractivity contribution in [2.24, 2.45) is 22.5 Å². The van der Waals surface area contributed by atoms with Crippen LogP contribution < -0.4 is 5.73 Å². The largest absolute Gasteiger partial charge is 0.392 e. The minimum Gasteiger partial charge on any atom is -0.392 e. The normalized spacial score (nSPS) is 70.1. The molecule has 5 atom stereocenters. The van der Waals surface area contributed by atoms with E-state index in [1.54, 1.807) is 0 Å². The van der Waals surface area contributed by atoms with Gasteiger partial charge in [-0.1, -0.05) is 13.8 Å². The Hall–Kier alpha value is -0.0800. The van der Waals surface area contributed by atoms with E-state index in [1.165, 1.54) is 0 Å². The SMILES string of the molecule is [2H]C([2H])([2H])C12CC3CC(N)(CC(C)(C3)C1O)C2. The summed E-state index contributed by atoms with van der Waals surface area (Å²) in [7, 11) is 0. The third kappa shape index (κ3) is 0.938. The molecule has 4 aliphatic rings. The molecule has 5 unspecified atom stereocenters. The van der Waals surface area contributed by atoms with E-state index in [2.05, 4.69) is 0 Å². The molecule has 0 amide bonds. The average molecular weight is 198 g/mol. The lowest BCUT2D eigenvalue weighted by Crippen LogP contribution is -2.68. The van der Waals surface area contributed by atoms with Gasteiger partial charge in [0.2, 0.25) is 0 Å². The summed E-state index contributed by atoms with van der Waals surface area (Å²) < 4.78 is 23.5. The van der Waals surface area contributed by atoms with Crippen LogP contribution in [0.5, 0.6) is 0 Å². The summed E-state index contributed by atoms with van der Waals surface area (Å²) in [6.07, 6.45) is 3.01. The summed E-state index contributed by atoms with van der Waals surface area (Å²) in [4.78, 5) is 0. The molecule has 80 valence electrons. The van der Waals surface area contributed by atoms with Gasteiger partial charge in [-0.2, -0.15) is 0 Å². The third-order valence-electron chi connectivity index (χ3n) is 4.71. The Morgan fingerprint density at radius 2 is 1.93 bits per heavy atom. The maximum absolute atomic E-state index is 10.6. The van der Waals surface area contributed by atoms with Gasteiger partial charge in [-0.15, -0.1) is 0 Å². The zero-order chi connectivity index (χ0) is 12.7. The first-order chi connectivity index (χ1) is 7.60. The van der Waals surface area contributed by atoms with Crippen LogP contribution in [0.1, 0.15) is 50.0 Å². The second-order valence-electron chi connectivity index (χ2n) is 6.41. The number of aliphatic hydroxyl groups is 1. The summed E-state index contributed by atoms with van der Waals surface area (Å²) in [5.41, 5.74) is 4.79. The van der Waals surface area contributed by atoms with E-state index in [0.717, 1.165) is 19.3 Å². The molecule has 0 heterocycles. The predicted molar refractivity (Wildman–Crippen MR) is 55.7 cm³/mol. The van der Waals surface area contributed by atoms with Crippen molar-refractivity contribution in [2.75, 3.05) is 0 Å². The monoisotopic (exact) mass is 198 g/mol. The lowest BCUT2D eigenvalue weighted by molar-refractivity contribution is -0.198. The Bertz CT molecular complexity index is 371. The van der Waals surface area contributed by atoms with Crippen molar-refractivity contribution in [1.29, 1.82) is 0 Å². The fourth-order valence-corrected chi connectivity index (χ4v) is 4.83. The van der Waals surface area contributed by atoms with Crippen LogP contribution in [-0.4, -0.2) is 16.7 Å². The molecule has 0 spiro atoms. The van der Waals surface area contributed by atoms with E-state index < -0.39 is 18.4 Å². The fraction of sp³-hybridized carbons (Fsp3) is 1.00. The first kappa shape index (κ1) is 6.49. The van der Waals surface area contributed by atoms with Crippen LogP contribution in [0.3, 0.4) is 0 Å². The lowest BCUT2D eigenvalue weighted by atomic mass is 9.41. The number of rotatable bonds is 0. The van der Waals surface area contributed by atoms with E-state index in [4.69, 9.17) is 9.85 Å². The highest BCUT2D eigenvalue weighted by Gasteiger charge is 2.63. The van der Waals surface area contributed by atoms with Crippen LogP contribution in [0.15, 0.2) is 0 Å². The molecule has 0 aromatic rings. The molecule has 4 fully saturated rings. The minimum atomic E-state index is -2.10. The van der Waals surface area contributed by atoms with Crippen LogP contribution in [0.4, 0.5) is 0 Å². The molecule has 4 rings (SSSR count). The highest BCUT2D eigenvalue weighted by Crippen LogP contribution is 2.65. The molecule has 0 aromatic carbocycles. The van der Waals surface area contributed by atoms with E-state index >= 15 is 0 Å². The van der Waals surface area contributed by atoms with Crippen LogP contribution in [-0.2, 0) is 0 Å².